The molecule has 8 nitrogen and oxygen atoms in total. The lowest BCUT2D eigenvalue weighted by molar-refractivity contribution is -0.132. The van der Waals surface area contributed by atoms with Gasteiger partial charge in [0.2, 0.25) is 5.91 Å². The number of unbranched alkanes of at least 4 members (excludes halogenated alkanes) is 4. The number of imide groups is 1. The number of amidine groups is 1. The fourth-order valence-corrected chi connectivity index (χ4v) is 4.97. The number of hydrogen-bond donors (Lipinski definition) is 4. The van der Waals surface area contributed by atoms with Gasteiger partial charge in [-0.05, 0) is 46.9 Å². The van der Waals surface area contributed by atoms with Crippen LogP contribution in [0.3, 0.4) is 0 Å². The number of nitrogens with two attached hydrogens (primary N) is 2. The Hall–Kier alpha value is -4.20. The third-order valence-electron chi connectivity index (χ3n) is 6.97. The lowest BCUT2D eigenvalue weighted by Gasteiger charge is -2.27. The van der Waals surface area contributed by atoms with Gasteiger partial charge in [0, 0.05) is 12.0 Å². The Kier molecular flexibility index (Phi) is 7.86. The topological polar surface area (TPSA) is 142 Å². The van der Waals surface area contributed by atoms with Crippen molar-refractivity contribution in [2.24, 2.45) is 11.5 Å². The van der Waals surface area contributed by atoms with E-state index in [1.165, 1.54) is 4.90 Å². The number of nitrogen functional groups attached to an aromatic ring is 1. The first-order valence-corrected chi connectivity index (χ1v) is 12.7. The van der Waals surface area contributed by atoms with Gasteiger partial charge < -0.3 is 16.8 Å². The van der Waals surface area contributed by atoms with E-state index in [1.54, 1.807) is 6.07 Å². The van der Waals surface area contributed by atoms with Crippen molar-refractivity contribution in [3.8, 4) is 0 Å². The summed E-state index contributed by atoms with van der Waals surface area (Å²) in [5.74, 6) is -0.551. The van der Waals surface area contributed by atoms with Gasteiger partial charge in [-0.25, -0.2) is 4.79 Å². The zero-order valence-electron chi connectivity index (χ0n) is 20.8. The number of benzene rings is 3. The number of amides is 4. The van der Waals surface area contributed by atoms with Crippen LogP contribution in [0.2, 0.25) is 0 Å². The predicted octanol–water partition coefficient (Wildman–Crippen LogP) is 4.29. The van der Waals surface area contributed by atoms with Gasteiger partial charge in [-0.15, -0.1) is 0 Å². The number of rotatable bonds is 12. The molecule has 3 aromatic carbocycles. The molecule has 1 aliphatic heterocycles. The summed E-state index contributed by atoms with van der Waals surface area (Å²) < 4.78 is 0. The number of primary amides is 1. The van der Waals surface area contributed by atoms with E-state index in [-0.39, 0.29) is 24.2 Å². The van der Waals surface area contributed by atoms with Crippen LogP contribution in [-0.2, 0) is 21.7 Å². The van der Waals surface area contributed by atoms with E-state index in [1.807, 2.05) is 60.7 Å². The van der Waals surface area contributed by atoms with Gasteiger partial charge >= 0.3 is 6.03 Å². The van der Waals surface area contributed by atoms with Crippen molar-refractivity contribution in [3.05, 3.63) is 83.4 Å². The first-order valence-electron chi connectivity index (χ1n) is 12.7. The summed E-state index contributed by atoms with van der Waals surface area (Å²) in [4.78, 5) is 39.2. The smallest absolute Gasteiger partial charge is 0.325 e. The maximum Gasteiger partial charge on any atom is 0.325 e. The van der Waals surface area contributed by atoms with Crippen LogP contribution in [-0.4, -0.2) is 28.6 Å². The van der Waals surface area contributed by atoms with Gasteiger partial charge in [-0.1, -0.05) is 80.3 Å². The van der Waals surface area contributed by atoms with E-state index < -0.39 is 11.6 Å². The Balaban J connectivity index is 1.51. The molecular formula is C29H33N5O3. The molecule has 8 heteroatoms. The highest BCUT2D eigenvalue weighted by Gasteiger charge is 2.51. The minimum absolute atomic E-state index is 0.0121. The molecule has 0 spiro atoms. The summed E-state index contributed by atoms with van der Waals surface area (Å²) in [5.41, 5.74) is 11.9. The molecule has 6 N–H and O–H groups in total. The zero-order chi connectivity index (χ0) is 26.4. The quantitative estimate of drug-likeness (QED) is 0.128. The first kappa shape index (κ1) is 25.9. The minimum Gasteiger partial charge on any atom is -0.384 e. The Morgan fingerprint density at radius 3 is 2.30 bits per heavy atom. The number of nitrogens with zero attached hydrogens (tertiary/aromatic N) is 1. The number of carbonyl (C=O) groups is 3. The molecule has 0 saturated carbocycles. The van der Waals surface area contributed by atoms with Crippen LogP contribution in [0.5, 0.6) is 0 Å². The van der Waals surface area contributed by atoms with Gasteiger partial charge in [0.15, 0.2) is 0 Å². The molecule has 0 bridgehead atoms. The van der Waals surface area contributed by atoms with Crippen molar-refractivity contribution >= 4 is 34.5 Å². The second-order valence-electron chi connectivity index (χ2n) is 9.64. The highest BCUT2D eigenvalue weighted by atomic mass is 16.2. The van der Waals surface area contributed by atoms with Gasteiger partial charge in [0.1, 0.15) is 11.4 Å². The molecular weight excluding hydrogens is 466 g/mol. The number of carbonyl (C=O) groups excluding carboxylic acids is 3. The zero-order valence-corrected chi connectivity index (χ0v) is 20.8. The van der Waals surface area contributed by atoms with Crippen LogP contribution >= 0.6 is 0 Å². The number of nitrogens with one attached hydrogen (secondary N) is 2. The minimum atomic E-state index is -1.11. The van der Waals surface area contributed by atoms with Crippen LogP contribution in [0, 0.1) is 5.41 Å². The molecule has 1 atom stereocenters. The second-order valence-corrected chi connectivity index (χ2v) is 9.64. The van der Waals surface area contributed by atoms with Gasteiger partial charge in [-0.2, -0.15) is 0 Å². The maximum absolute atomic E-state index is 13.8. The molecule has 4 amide bonds. The fraction of sp³-hybridized carbons (Fsp3) is 0.310. The Bertz CT molecular complexity index is 1320. The van der Waals surface area contributed by atoms with Crippen molar-refractivity contribution < 1.29 is 14.4 Å². The molecule has 1 heterocycles. The van der Waals surface area contributed by atoms with Crippen LogP contribution in [0.15, 0.2) is 66.7 Å². The van der Waals surface area contributed by atoms with E-state index >= 15 is 0 Å². The number of urea groups is 1. The van der Waals surface area contributed by atoms with E-state index in [2.05, 4.69) is 5.32 Å². The van der Waals surface area contributed by atoms with Crippen LogP contribution < -0.4 is 16.8 Å². The number of fused-ring (bicyclic) bond motifs is 1. The van der Waals surface area contributed by atoms with Crippen molar-refractivity contribution in [1.82, 2.24) is 10.2 Å². The summed E-state index contributed by atoms with van der Waals surface area (Å²) >= 11 is 0. The molecule has 192 valence electrons. The average Bonchev–Trinajstić information content (AvgIpc) is 3.13. The van der Waals surface area contributed by atoms with Gasteiger partial charge in [-0.3, -0.25) is 19.9 Å². The highest BCUT2D eigenvalue weighted by molar-refractivity contribution is 6.07. The summed E-state index contributed by atoms with van der Waals surface area (Å²) in [6, 6.07) is 20.3. The molecule has 0 aliphatic carbocycles. The van der Waals surface area contributed by atoms with Crippen molar-refractivity contribution in [3.63, 3.8) is 0 Å². The van der Waals surface area contributed by atoms with Crippen LogP contribution in [0.1, 0.15) is 61.6 Å². The molecule has 1 unspecified atom stereocenters. The second kappa shape index (κ2) is 11.2. The SMILES string of the molecule is N=C(N)c1ccc2ccc(CN3C(=O)NC(CCCCCCCC(N)=O)(c4ccccc4)C3=O)cc2c1. The summed E-state index contributed by atoms with van der Waals surface area (Å²) in [6.45, 7) is 0.145. The van der Waals surface area contributed by atoms with Crippen LogP contribution in [0.4, 0.5) is 4.79 Å². The Labute approximate surface area is 216 Å². The summed E-state index contributed by atoms with van der Waals surface area (Å²) in [7, 11) is 0. The first-order chi connectivity index (χ1) is 17.8. The molecule has 0 radical (unpaired) electrons. The highest BCUT2D eigenvalue weighted by Crippen LogP contribution is 2.35. The molecule has 1 aliphatic rings. The van der Waals surface area contributed by atoms with Crippen molar-refractivity contribution in [2.45, 2.75) is 57.0 Å². The average molecular weight is 500 g/mol. The molecule has 37 heavy (non-hydrogen) atoms. The summed E-state index contributed by atoms with van der Waals surface area (Å²) in [6.07, 6.45) is 5.14. The lowest BCUT2D eigenvalue weighted by Crippen LogP contribution is -2.44. The van der Waals surface area contributed by atoms with Gasteiger partial charge in [0.05, 0.1) is 6.54 Å². The Morgan fingerprint density at radius 1 is 0.865 bits per heavy atom. The van der Waals surface area contributed by atoms with Crippen molar-refractivity contribution in [1.29, 1.82) is 5.41 Å². The third kappa shape index (κ3) is 5.80. The van der Waals surface area contributed by atoms with Crippen molar-refractivity contribution in [2.75, 3.05) is 0 Å². The molecule has 1 saturated heterocycles. The maximum atomic E-state index is 13.8. The lowest BCUT2D eigenvalue weighted by atomic mass is 9.84. The molecule has 3 aromatic rings. The Morgan fingerprint density at radius 2 is 1.57 bits per heavy atom. The van der Waals surface area contributed by atoms with E-state index in [0.717, 1.165) is 54.0 Å². The largest absolute Gasteiger partial charge is 0.384 e. The fourth-order valence-electron chi connectivity index (χ4n) is 4.97. The standard InChI is InChI=1S/C29H33N5O3/c30-25(35)11-7-2-1-3-8-16-29(24-9-5-4-6-10-24)27(36)34(28(37)33-29)19-20-12-13-21-14-15-22(26(31)32)18-23(21)17-20/h4-6,9-10,12-15,17-18H,1-3,7-8,11,16,19H2,(H2,30,35)(H3,31,32)(H,33,37). The molecule has 1 fully saturated rings. The molecule has 0 aromatic heterocycles. The van der Waals surface area contributed by atoms with E-state index in [4.69, 9.17) is 16.9 Å². The molecule has 4 rings (SSSR count). The number of hydrogen-bond acceptors (Lipinski definition) is 4. The van der Waals surface area contributed by atoms with E-state index in [9.17, 15) is 14.4 Å². The van der Waals surface area contributed by atoms with E-state index in [0.29, 0.717) is 18.4 Å². The normalized spacial score (nSPS) is 17.2. The predicted molar refractivity (Wildman–Crippen MR) is 144 cm³/mol. The van der Waals surface area contributed by atoms with Gasteiger partial charge in [0.25, 0.3) is 5.91 Å². The monoisotopic (exact) mass is 499 g/mol. The summed E-state index contributed by atoms with van der Waals surface area (Å²) in [5, 5.41) is 12.6. The third-order valence-corrected chi connectivity index (χ3v) is 6.97. The van der Waals surface area contributed by atoms with Crippen LogP contribution in [0.25, 0.3) is 10.8 Å².